The Morgan fingerprint density at radius 3 is 2.38 bits per heavy atom. The van der Waals surface area contributed by atoms with Crippen LogP contribution in [0.5, 0.6) is 5.75 Å². The SMILES string of the molecule is Cc1cc(O)cc(C)c1CC(NCC(CCNC(=N)N)NC(=O)OCc1ccccc1)C(=O)O. The normalized spacial score (nSPS) is 12.4. The van der Waals surface area contributed by atoms with Gasteiger partial charge >= 0.3 is 12.1 Å². The fraction of sp³-hybridized carbons (Fsp3) is 0.375. The number of aromatic hydroxyl groups is 1. The van der Waals surface area contributed by atoms with Crippen molar-refractivity contribution >= 4 is 18.0 Å². The summed E-state index contributed by atoms with van der Waals surface area (Å²) in [7, 11) is 0. The van der Waals surface area contributed by atoms with E-state index in [1.165, 1.54) is 0 Å². The number of nitrogens with two attached hydrogens (primary N) is 1. The number of aryl methyl sites for hydroxylation is 2. The van der Waals surface area contributed by atoms with Crippen molar-refractivity contribution in [2.24, 2.45) is 5.73 Å². The number of guanidine groups is 1. The summed E-state index contributed by atoms with van der Waals surface area (Å²) in [4.78, 5) is 24.2. The van der Waals surface area contributed by atoms with Gasteiger partial charge in [0.25, 0.3) is 0 Å². The molecule has 0 bridgehead atoms. The number of carbonyl (C=O) groups excluding carboxylic acids is 1. The Labute approximate surface area is 199 Å². The summed E-state index contributed by atoms with van der Waals surface area (Å²) in [6.07, 6.45) is -0.0311. The highest BCUT2D eigenvalue weighted by Gasteiger charge is 2.22. The molecule has 0 aliphatic carbocycles. The highest BCUT2D eigenvalue weighted by molar-refractivity contribution is 5.74. The Morgan fingerprint density at radius 2 is 1.79 bits per heavy atom. The van der Waals surface area contributed by atoms with Crippen LogP contribution >= 0.6 is 0 Å². The molecular formula is C24H33N5O5. The molecule has 10 nitrogen and oxygen atoms in total. The molecule has 0 saturated carbocycles. The van der Waals surface area contributed by atoms with Crippen molar-refractivity contribution in [3.8, 4) is 5.75 Å². The zero-order valence-electron chi connectivity index (χ0n) is 19.4. The first kappa shape index (κ1) is 26.5. The molecule has 0 aliphatic rings. The van der Waals surface area contributed by atoms with Crippen molar-refractivity contribution in [2.45, 2.75) is 45.4 Å². The van der Waals surface area contributed by atoms with Crippen LogP contribution in [0.25, 0.3) is 0 Å². The molecule has 0 aliphatic heterocycles. The van der Waals surface area contributed by atoms with Gasteiger partial charge in [-0.2, -0.15) is 0 Å². The van der Waals surface area contributed by atoms with Crippen molar-refractivity contribution in [1.82, 2.24) is 16.0 Å². The van der Waals surface area contributed by atoms with Gasteiger partial charge in [0.05, 0.1) is 0 Å². The number of ether oxygens (including phenoxy) is 1. The summed E-state index contributed by atoms with van der Waals surface area (Å²) >= 11 is 0. The van der Waals surface area contributed by atoms with E-state index in [9.17, 15) is 19.8 Å². The largest absolute Gasteiger partial charge is 0.508 e. The van der Waals surface area contributed by atoms with Crippen molar-refractivity contribution < 1.29 is 24.5 Å². The first-order valence-corrected chi connectivity index (χ1v) is 11.0. The molecule has 34 heavy (non-hydrogen) atoms. The molecule has 2 aromatic rings. The van der Waals surface area contributed by atoms with Gasteiger partial charge in [-0.25, -0.2) is 4.79 Å². The van der Waals surface area contributed by atoms with E-state index in [-0.39, 0.29) is 31.3 Å². The van der Waals surface area contributed by atoms with E-state index in [2.05, 4.69) is 16.0 Å². The van der Waals surface area contributed by atoms with Crippen molar-refractivity contribution in [2.75, 3.05) is 13.1 Å². The average molecular weight is 472 g/mol. The highest BCUT2D eigenvalue weighted by Crippen LogP contribution is 2.22. The number of carbonyl (C=O) groups is 2. The van der Waals surface area contributed by atoms with Crippen LogP contribution in [0.4, 0.5) is 4.79 Å². The van der Waals surface area contributed by atoms with E-state index >= 15 is 0 Å². The standard InChI is InChI=1S/C24H33N5O5/c1-15-10-19(30)11-16(2)20(15)12-21(22(31)32)28-13-18(8-9-27-23(25)26)29-24(33)34-14-17-6-4-3-5-7-17/h3-7,10-11,18,21,28,30H,8-9,12-14H2,1-2H3,(H,29,33)(H,31,32)(H4,25,26,27). The monoisotopic (exact) mass is 471 g/mol. The number of benzene rings is 2. The molecule has 2 unspecified atom stereocenters. The molecule has 0 radical (unpaired) electrons. The van der Waals surface area contributed by atoms with Crippen LogP contribution in [-0.2, 0) is 22.6 Å². The molecule has 10 heteroatoms. The number of carboxylic acids is 1. The second kappa shape index (κ2) is 13.0. The van der Waals surface area contributed by atoms with Crippen molar-refractivity contribution in [3.63, 3.8) is 0 Å². The smallest absolute Gasteiger partial charge is 0.407 e. The van der Waals surface area contributed by atoms with Gasteiger partial charge in [0.2, 0.25) is 0 Å². The summed E-state index contributed by atoms with van der Waals surface area (Å²) < 4.78 is 5.27. The Balaban J connectivity index is 2.00. The first-order chi connectivity index (χ1) is 16.2. The zero-order chi connectivity index (χ0) is 25.1. The van der Waals surface area contributed by atoms with Crippen LogP contribution < -0.4 is 21.7 Å². The Bertz CT molecular complexity index is 960. The van der Waals surface area contributed by atoms with E-state index in [4.69, 9.17) is 15.9 Å². The van der Waals surface area contributed by atoms with Crippen LogP contribution in [0.3, 0.4) is 0 Å². The van der Waals surface area contributed by atoms with E-state index in [1.807, 2.05) is 44.2 Å². The summed E-state index contributed by atoms with van der Waals surface area (Å²) in [6.45, 7) is 4.22. The third kappa shape index (κ3) is 8.99. The van der Waals surface area contributed by atoms with Crippen LogP contribution in [0, 0.1) is 19.3 Å². The summed E-state index contributed by atoms with van der Waals surface area (Å²) in [5.41, 5.74) is 8.61. The maximum atomic E-state index is 12.3. The van der Waals surface area contributed by atoms with Crippen LogP contribution in [-0.4, -0.2) is 53.4 Å². The molecule has 0 heterocycles. The molecule has 1 amide bonds. The Hall–Kier alpha value is -3.79. The number of hydrogen-bond donors (Lipinski definition) is 7. The van der Waals surface area contributed by atoms with Crippen LogP contribution in [0.1, 0.15) is 28.7 Å². The molecule has 2 rings (SSSR count). The topological polar surface area (TPSA) is 170 Å². The molecule has 8 N–H and O–H groups in total. The van der Waals surface area contributed by atoms with Gasteiger partial charge in [0.15, 0.2) is 5.96 Å². The van der Waals surface area contributed by atoms with Crippen LogP contribution in [0.2, 0.25) is 0 Å². The van der Waals surface area contributed by atoms with Gasteiger partial charge in [-0.1, -0.05) is 30.3 Å². The molecule has 0 fully saturated rings. The highest BCUT2D eigenvalue weighted by atomic mass is 16.5. The van der Waals surface area contributed by atoms with E-state index < -0.39 is 24.1 Å². The maximum Gasteiger partial charge on any atom is 0.407 e. The Kier molecular flexibility index (Phi) is 10.2. The number of carboxylic acid groups (broad SMARTS) is 1. The van der Waals surface area contributed by atoms with E-state index in [0.717, 1.165) is 22.3 Å². The van der Waals surface area contributed by atoms with Gasteiger partial charge in [-0.05, 0) is 61.1 Å². The Morgan fingerprint density at radius 1 is 1.15 bits per heavy atom. The van der Waals surface area contributed by atoms with E-state index in [0.29, 0.717) is 13.0 Å². The lowest BCUT2D eigenvalue weighted by Crippen LogP contribution is -2.49. The predicted molar refractivity (Wildman–Crippen MR) is 129 cm³/mol. The first-order valence-electron chi connectivity index (χ1n) is 11.0. The molecule has 2 atom stereocenters. The minimum Gasteiger partial charge on any atom is -0.508 e. The quantitative estimate of drug-likeness (QED) is 0.181. The zero-order valence-corrected chi connectivity index (χ0v) is 19.4. The van der Waals surface area contributed by atoms with Gasteiger partial charge in [-0.15, -0.1) is 0 Å². The van der Waals surface area contributed by atoms with Crippen LogP contribution in [0.15, 0.2) is 42.5 Å². The van der Waals surface area contributed by atoms with Crippen molar-refractivity contribution in [3.05, 3.63) is 64.7 Å². The summed E-state index contributed by atoms with van der Waals surface area (Å²) in [5, 5.41) is 35.2. The number of nitrogens with one attached hydrogen (secondary N) is 4. The number of aliphatic carboxylic acids is 1. The maximum absolute atomic E-state index is 12.3. The molecule has 0 spiro atoms. The second-order valence-corrected chi connectivity index (χ2v) is 8.09. The third-order valence-electron chi connectivity index (χ3n) is 5.34. The fourth-order valence-corrected chi connectivity index (χ4v) is 3.57. The molecular weight excluding hydrogens is 438 g/mol. The fourth-order valence-electron chi connectivity index (χ4n) is 3.57. The molecule has 0 aromatic heterocycles. The summed E-state index contributed by atoms with van der Waals surface area (Å²) in [5.74, 6) is -1.09. The van der Waals surface area contributed by atoms with E-state index in [1.54, 1.807) is 12.1 Å². The minimum absolute atomic E-state index is 0.107. The molecule has 0 saturated heterocycles. The number of hydrogen-bond acceptors (Lipinski definition) is 6. The lowest BCUT2D eigenvalue weighted by Gasteiger charge is -2.23. The van der Waals surface area contributed by atoms with Crippen molar-refractivity contribution in [1.29, 1.82) is 5.41 Å². The number of amides is 1. The van der Waals surface area contributed by atoms with Gasteiger partial charge in [-0.3, -0.25) is 10.2 Å². The lowest BCUT2D eigenvalue weighted by atomic mass is 9.95. The average Bonchev–Trinajstić information content (AvgIpc) is 2.76. The van der Waals surface area contributed by atoms with Gasteiger partial charge < -0.3 is 36.6 Å². The number of phenolic OH excluding ortho intramolecular Hbond substituents is 1. The number of alkyl carbamates (subject to hydrolysis) is 1. The third-order valence-corrected chi connectivity index (χ3v) is 5.34. The number of phenols is 1. The number of rotatable bonds is 12. The molecule has 2 aromatic carbocycles. The predicted octanol–water partition coefficient (Wildman–Crippen LogP) is 1.76. The summed E-state index contributed by atoms with van der Waals surface area (Å²) in [6, 6.07) is 11.1. The van der Waals surface area contributed by atoms with Gasteiger partial charge in [0.1, 0.15) is 18.4 Å². The minimum atomic E-state index is -1.03. The molecule has 184 valence electrons. The second-order valence-electron chi connectivity index (χ2n) is 8.09. The lowest BCUT2D eigenvalue weighted by molar-refractivity contribution is -0.139. The van der Waals surface area contributed by atoms with Gasteiger partial charge in [0, 0.05) is 19.1 Å².